The number of nitrogens with one attached hydrogen (secondary N) is 1. The predicted octanol–water partition coefficient (Wildman–Crippen LogP) is 2.41. The van der Waals surface area contributed by atoms with E-state index < -0.39 is 0 Å². The van der Waals surface area contributed by atoms with E-state index in [1.165, 1.54) is 12.8 Å². The van der Waals surface area contributed by atoms with E-state index in [0.717, 1.165) is 38.8 Å². The van der Waals surface area contributed by atoms with Crippen LogP contribution in [0.1, 0.15) is 52.4 Å². The summed E-state index contributed by atoms with van der Waals surface area (Å²) < 4.78 is 0. The van der Waals surface area contributed by atoms with Gasteiger partial charge >= 0.3 is 0 Å². The van der Waals surface area contributed by atoms with Crippen LogP contribution in [-0.2, 0) is 4.79 Å². The lowest BCUT2D eigenvalue weighted by atomic mass is 9.96. The van der Waals surface area contributed by atoms with Crippen molar-refractivity contribution in [2.24, 2.45) is 5.92 Å². The normalized spacial score (nSPS) is 19.4. The first-order valence-electron chi connectivity index (χ1n) is 7.18. The first kappa shape index (κ1) is 14.5. The van der Waals surface area contributed by atoms with Crippen molar-refractivity contribution >= 4 is 5.91 Å². The largest absolute Gasteiger partial charge is 0.342 e. The highest BCUT2D eigenvalue weighted by molar-refractivity contribution is 5.78. The minimum atomic E-state index is 0.265. The summed E-state index contributed by atoms with van der Waals surface area (Å²) in [5.41, 5.74) is 0. The van der Waals surface area contributed by atoms with E-state index in [-0.39, 0.29) is 5.92 Å². The quantitative estimate of drug-likeness (QED) is 0.773. The van der Waals surface area contributed by atoms with Gasteiger partial charge in [-0.3, -0.25) is 4.79 Å². The molecule has 3 heteroatoms. The van der Waals surface area contributed by atoms with Crippen LogP contribution in [0.3, 0.4) is 0 Å². The molecule has 1 aliphatic rings. The van der Waals surface area contributed by atoms with Crippen LogP contribution in [0.5, 0.6) is 0 Å². The Bertz CT molecular complexity index is 222. The molecular formula is C14H28N2O. The van der Waals surface area contributed by atoms with E-state index >= 15 is 0 Å². The van der Waals surface area contributed by atoms with Crippen LogP contribution in [0.2, 0.25) is 0 Å². The van der Waals surface area contributed by atoms with Crippen LogP contribution in [-0.4, -0.2) is 37.0 Å². The molecule has 1 atom stereocenters. The lowest BCUT2D eigenvalue weighted by Crippen LogP contribution is -2.46. The summed E-state index contributed by atoms with van der Waals surface area (Å²) in [6.45, 7) is 6.20. The SMILES string of the molecule is CCCCC(CC)C(=O)N1CCC(NC)CC1. The van der Waals surface area contributed by atoms with Gasteiger partial charge in [-0.25, -0.2) is 0 Å². The highest BCUT2D eigenvalue weighted by atomic mass is 16.2. The van der Waals surface area contributed by atoms with Gasteiger partial charge in [0.15, 0.2) is 0 Å². The van der Waals surface area contributed by atoms with Crippen molar-refractivity contribution in [2.45, 2.75) is 58.4 Å². The molecule has 0 spiro atoms. The van der Waals surface area contributed by atoms with E-state index in [0.29, 0.717) is 11.9 Å². The van der Waals surface area contributed by atoms with E-state index in [1.807, 2.05) is 7.05 Å². The average molecular weight is 240 g/mol. The van der Waals surface area contributed by atoms with Crippen molar-refractivity contribution in [3.63, 3.8) is 0 Å². The summed E-state index contributed by atoms with van der Waals surface area (Å²) in [5.74, 6) is 0.664. The van der Waals surface area contributed by atoms with Crippen LogP contribution >= 0.6 is 0 Å². The van der Waals surface area contributed by atoms with Gasteiger partial charge < -0.3 is 10.2 Å². The molecular weight excluding hydrogens is 212 g/mol. The fourth-order valence-corrected chi connectivity index (χ4v) is 2.60. The molecule has 1 amide bonds. The molecule has 1 rings (SSSR count). The molecule has 0 aromatic carbocycles. The molecule has 17 heavy (non-hydrogen) atoms. The van der Waals surface area contributed by atoms with Crippen molar-refractivity contribution < 1.29 is 4.79 Å². The van der Waals surface area contributed by atoms with Crippen LogP contribution < -0.4 is 5.32 Å². The molecule has 1 unspecified atom stereocenters. The fraction of sp³-hybridized carbons (Fsp3) is 0.929. The summed E-state index contributed by atoms with van der Waals surface area (Å²) in [7, 11) is 2.01. The number of piperidine rings is 1. The van der Waals surface area contributed by atoms with E-state index in [2.05, 4.69) is 24.1 Å². The molecule has 1 N–H and O–H groups in total. The topological polar surface area (TPSA) is 32.3 Å². The molecule has 0 saturated carbocycles. The van der Waals surface area contributed by atoms with Gasteiger partial charge in [-0.15, -0.1) is 0 Å². The van der Waals surface area contributed by atoms with Gasteiger partial charge in [0.25, 0.3) is 0 Å². The molecule has 0 radical (unpaired) electrons. The first-order chi connectivity index (χ1) is 8.22. The number of carbonyl (C=O) groups excluding carboxylic acids is 1. The Morgan fingerprint density at radius 3 is 2.47 bits per heavy atom. The fourth-order valence-electron chi connectivity index (χ4n) is 2.60. The molecule has 0 aliphatic carbocycles. The van der Waals surface area contributed by atoms with Gasteiger partial charge in [-0.1, -0.05) is 26.7 Å². The standard InChI is InChI=1S/C14H28N2O/c1-4-6-7-12(5-2)14(17)16-10-8-13(15-3)9-11-16/h12-13,15H,4-11H2,1-3H3. The molecule has 1 aliphatic heterocycles. The average Bonchev–Trinajstić information content (AvgIpc) is 2.39. The Balaban J connectivity index is 2.40. The summed E-state index contributed by atoms with van der Waals surface area (Å²) in [6, 6.07) is 0.606. The summed E-state index contributed by atoms with van der Waals surface area (Å²) >= 11 is 0. The second-order valence-corrected chi connectivity index (χ2v) is 5.14. The number of nitrogens with zero attached hydrogens (tertiary/aromatic N) is 1. The second-order valence-electron chi connectivity index (χ2n) is 5.14. The maximum absolute atomic E-state index is 12.3. The second kappa shape index (κ2) is 7.70. The molecule has 100 valence electrons. The Kier molecular flexibility index (Phi) is 6.56. The van der Waals surface area contributed by atoms with Crippen molar-refractivity contribution in [1.82, 2.24) is 10.2 Å². The minimum absolute atomic E-state index is 0.265. The van der Waals surface area contributed by atoms with Crippen molar-refractivity contribution in [3.8, 4) is 0 Å². The van der Waals surface area contributed by atoms with Gasteiger partial charge in [0.1, 0.15) is 0 Å². The van der Waals surface area contributed by atoms with E-state index in [1.54, 1.807) is 0 Å². The molecule has 3 nitrogen and oxygen atoms in total. The molecule has 1 saturated heterocycles. The van der Waals surface area contributed by atoms with Gasteiger partial charge in [0.05, 0.1) is 0 Å². The number of hydrogen-bond donors (Lipinski definition) is 1. The molecule has 0 bridgehead atoms. The van der Waals surface area contributed by atoms with Crippen LogP contribution in [0.25, 0.3) is 0 Å². The summed E-state index contributed by atoms with van der Waals surface area (Å²) in [4.78, 5) is 14.4. The summed E-state index contributed by atoms with van der Waals surface area (Å²) in [5, 5.41) is 3.30. The monoisotopic (exact) mass is 240 g/mol. The Hall–Kier alpha value is -0.570. The van der Waals surface area contributed by atoms with Crippen molar-refractivity contribution in [2.75, 3.05) is 20.1 Å². The number of hydrogen-bond acceptors (Lipinski definition) is 2. The summed E-state index contributed by atoms with van der Waals surface area (Å²) in [6.07, 6.45) is 6.63. The highest BCUT2D eigenvalue weighted by Crippen LogP contribution is 2.19. The molecule has 0 aromatic heterocycles. The maximum Gasteiger partial charge on any atom is 0.225 e. The lowest BCUT2D eigenvalue weighted by molar-refractivity contribution is -0.137. The maximum atomic E-state index is 12.3. The zero-order chi connectivity index (χ0) is 12.7. The van der Waals surface area contributed by atoms with Crippen LogP contribution in [0.15, 0.2) is 0 Å². The smallest absolute Gasteiger partial charge is 0.225 e. The Morgan fingerprint density at radius 2 is 2.00 bits per heavy atom. The van der Waals surface area contributed by atoms with Gasteiger partial charge in [0.2, 0.25) is 5.91 Å². The van der Waals surface area contributed by atoms with E-state index in [9.17, 15) is 4.79 Å². The minimum Gasteiger partial charge on any atom is -0.342 e. The highest BCUT2D eigenvalue weighted by Gasteiger charge is 2.26. The number of unbranched alkanes of at least 4 members (excludes halogenated alkanes) is 1. The van der Waals surface area contributed by atoms with Gasteiger partial charge in [0, 0.05) is 25.0 Å². The lowest BCUT2D eigenvalue weighted by Gasteiger charge is -2.34. The zero-order valence-electron chi connectivity index (χ0n) is 11.7. The van der Waals surface area contributed by atoms with Gasteiger partial charge in [-0.2, -0.15) is 0 Å². The third-order valence-electron chi connectivity index (χ3n) is 3.96. The van der Waals surface area contributed by atoms with Crippen molar-refractivity contribution in [3.05, 3.63) is 0 Å². The van der Waals surface area contributed by atoms with Crippen LogP contribution in [0, 0.1) is 5.92 Å². The first-order valence-corrected chi connectivity index (χ1v) is 7.18. The third kappa shape index (κ3) is 4.30. The van der Waals surface area contributed by atoms with Crippen LogP contribution in [0.4, 0.5) is 0 Å². The third-order valence-corrected chi connectivity index (χ3v) is 3.96. The molecule has 1 fully saturated rings. The van der Waals surface area contributed by atoms with E-state index in [4.69, 9.17) is 0 Å². The Morgan fingerprint density at radius 1 is 1.35 bits per heavy atom. The predicted molar refractivity (Wildman–Crippen MR) is 72.0 cm³/mol. The Labute approximate surface area is 106 Å². The molecule has 0 aromatic rings. The van der Waals surface area contributed by atoms with Crippen molar-refractivity contribution in [1.29, 1.82) is 0 Å². The number of likely N-dealkylation sites (tertiary alicyclic amines) is 1. The zero-order valence-corrected chi connectivity index (χ0v) is 11.7. The number of amides is 1. The molecule has 1 heterocycles. The number of rotatable bonds is 6. The number of carbonyl (C=O) groups is 1. The van der Waals surface area contributed by atoms with Gasteiger partial charge in [-0.05, 0) is 32.7 Å².